The predicted octanol–water partition coefficient (Wildman–Crippen LogP) is -0.0250. The van der Waals surface area contributed by atoms with E-state index in [2.05, 4.69) is 30.1 Å². The normalized spacial score (nSPS) is 22.7. The van der Waals surface area contributed by atoms with Gasteiger partial charge in [-0.15, -0.1) is 0 Å². The minimum absolute atomic E-state index is 0.256. The summed E-state index contributed by atoms with van der Waals surface area (Å²) >= 11 is 0. The van der Waals surface area contributed by atoms with Gasteiger partial charge in [0.15, 0.2) is 0 Å². The van der Waals surface area contributed by atoms with Gasteiger partial charge in [-0.3, -0.25) is 0 Å². The summed E-state index contributed by atoms with van der Waals surface area (Å²) in [6, 6.07) is 0. The molecule has 0 saturated carbocycles. The lowest BCUT2D eigenvalue weighted by Gasteiger charge is -2.27. The molecule has 116 valence electrons. The first-order valence-corrected chi connectivity index (χ1v) is 7.34. The average Bonchev–Trinajstić information content (AvgIpc) is 3.04. The molecule has 1 N–H and O–H groups in total. The van der Waals surface area contributed by atoms with E-state index in [9.17, 15) is 0 Å². The Balaban J connectivity index is 1.82. The lowest BCUT2D eigenvalue weighted by molar-refractivity contribution is 0.121. The maximum absolute atomic E-state index is 5.41. The number of morpholine rings is 1. The number of hydrogen-bond acceptors (Lipinski definition) is 8. The molecule has 2 aliphatic rings. The number of ether oxygens (including phenoxy) is 2. The average molecular weight is 294 g/mol. The Labute approximate surface area is 124 Å². The van der Waals surface area contributed by atoms with Gasteiger partial charge in [0.25, 0.3) is 0 Å². The number of anilines is 3. The second kappa shape index (κ2) is 6.40. The molecule has 1 unspecified atom stereocenters. The number of rotatable bonds is 4. The summed E-state index contributed by atoms with van der Waals surface area (Å²) in [5.41, 5.74) is 0. The van der Waals surface area contributed by atoms with Crippen molar-refractivity contribution >= 4 is 17.8 Å². The molecule has 8 heteroatoms. The summed E-state index contributed by atoms with van der Waals surface area (Å²) in [5.74, 6) is 2.03. The molecule has 2 aliphatic heterocycles. The van der Waals surface area contributed by atoms with Gasteiger partial charge in [-0.2, -0.15) is 15.0 Å². The summed E-state index contributed by atoms with van der Waals surface area (Å²) < 4.78 is 10.8. The standard InChI is InChI=1S/C13H22N6O2/c1-14-11-15-12(18-5-7-21-8-6-18)17-13(16-11)19-4-3-10(9-19)20-2/h10H,3-9H2,1-2H3,(H,14,15,16,17). The van der Waals surface area contributed by atoms with E-state index in [0.29, 0.717) is 25.1 Å². The number of hydrogen-bond donors (Lipinski definition) is 1. The Morgan fingerprint density at radius 2 is 1.81 bits per heavy atom. The van der Waals surface area contributed by atoms with Crippen LogP contribution < -0.4 is 15.1 Å². The molecular weight excluding hydrogens is 272 g/mol. The molecule has 0 amide bonds. The molecule has 1 aromatic rings. The molecule has 0 aromatic carbocycles. The van der Waals surface area contributed by atoms with Crippen LogP contribution in [0.5, 0.6) is 0 Å². The zero-order chi connectivity index (χ0) is 14.7. The predicted molar refractivity (Wildman–Crippen MR) is 80.0 cm³/mol. The van der Waals surface area contributed by atoms with E-state index in [1.807, 2.05) is 7.05 Å². The highest BCUT2D eigenvalue weighted by Gasteiger charge is 2.26. The van der Waals surface area contributed by atoms with E-state index in [0.717, 1.165) is 38.5 Å². The topological polar surface area (TPSA) is 75.6 Å². The smallest absolute Gasteiger partial charge is 0.232 e. The monoisotopic (exact) mass is 294 g/mol. The van der Waals surface area contributed by atoms with Gasteiger partial charge < -0.3 is 24.6 Å². The van der Waals surface area contributed by atoms with Gasteiger partial charge in [-0.25, -0.2) is 0 Å². The van der Waals surface area contributed by atoms with Crippen molar-refractivity contribution < 1.29 is 9.47 Å². The molecule has 1 aromatic heterocycles. The van der Waals surface area contributed by atoms with Crippen LogP contribution in [0.15, 0.2) is 0 Å². The van der Waals surface area contributed by atoms with E-state index >= 15 is 0 Å². The summed E-state index contributed by atoms with van der Waals surface area (Å²) in [4.78, 5) is 17.9. The first-order chi connectivity index (χ1) is 10.3. The number of methoxy groups -OCH3 is 1. The van der Waals surface area contributed by atoms with Gasteiger partial charge in [-0.05, 0) is 6.42 Å². The summed E-state index contributed by atoms with van der Waals surface area (Å²) in [7, 11) is 3.57. The van der Waals surface area contributed by atoms with Crippen LogP contribution in [0.3, 0.4) is 0 Å². The zero-order valence-electron chi connectivity index (χ0n) is 12.6. The van der Waals surface area contributed by atoms with Gasteiger partial charge in [-0.1, -0.05) is 0 Å². The van der Waals surface area contributed by atoms with Crippen molar-refractivity contribution in [1.82, 2.24) is 15.0 Å². The van der Waals surface area contributed by atoms with Crippen molar-refractivity contribution in [2.45, 2.75) is 12.5 Å². The fourth-order valence-corrected chi connectivity index (χ4v) is 2.61. The molecule has 1 atom stereocenters. The van der Waals surface area contributed by atoms with E-state index in [1.165, 1.54) is 0 Å². The third kappa shape index (κ3) is 3.16. The molecule has 2 fully saturated rings. The van der Waals surface area contributed by atoms with Crippen LogP contribution >= 0.6 is 0 Å². The minimum atomic E-state index is 0.256. The van der Waals surface area contributed by atoms with Crippen molar-refractivity contribution in [3.63, 3.8) is 0 Å². The van der Waals surface area contributed by atoms with E-state index in [4.69, 9.17) is 9.47 Å². The lowest BCUT2D eigenvalue weighted by Crippen LogP contribution is -2.38. The quantitative estimate of drug-likeness (QED) is 0.830. The Bertz CT molecular complexity index is 480. The summed E-state index contributed by atoms with van der Waals surface area (Å²) in [6.07, 6.45) is 1.26. The Morgan fingerprint density at radius 1 is 1.10 bits per heavy atom. The third-order valence-electron chi connectivity index (χ3n) is 3.89. The van der Waals surface area contributed by atoms with Gasteiger partial charge in [0.1, 0.15) is 0 Å². The molecule has 3 heterocycles. The molecule has 21 heavy (non-hydrogen) atoms. The lowest BCUT2D eigenvalue weighted by atomic mass is 10.3. The Kier molecular flexibility index (Phi) is 4.35. The van der Waals surface area contributed by atoms with Crippen molar-refractivity contribution in [2.24, 2.45) is 0 Å². The molecule has 8 nitrogen and oxygen atoms in total. The van der Waals surface area contributed by atoms with Crippen LogP contribution in [-0.2, 0) is 9.47 Å². The zero-order valence-corrected chi connectivity index (χ0v) is 12.6. The Hall–Kier alpha value is -1.67. The van der Waals surface area contributed by atoms with Gasteiger partial charge >= 0.3 is 0 Å². The van der Waals surface area contributed by atoms with Crippen LogP contribution in [0, 0.1) is 0 Å². The van der Waals surface area contributed by atoms with Crippen LogP contribution in [0.25, 0.3) is 0 Å². The molecule has 0 aliphatic carbocycles. The maximum atomic E-state index is 5.41. The largest absolute Gasteiger partial charge is 0.380 e. The summed E-state index contributed by atoms with van der Waals surface area (Å²) in [6.45, 7) is 4.79. The highest BCUT2D eigenvalue weighted by atomic mass is 16.5. The van der Waals surface area contributed by atoms with Crippen molar-refractivity contribution in [1.29, 1.82) is 0 Å². The van der Waals surface area contributed by atoms with Gasteiger partial charge in [0.2, 0.25) is 17.8 Å². The molecule has 2 saturated heterocycles. The van der Waals surface area contributed by atoms with E-state index in [1.54, 1.807) is 7.11 Å². The highest BCUT2D eigenvalue weighted by molar-refractivity contribution is 5.46. The van der Waals surface area contributed by atoms with Crippen LogP contribution in [0.2, 0.25) is 0 Å². The number of nitrogens with one attached hydrogen (secondary N) is 1. The minimum Gasteiger partial charge on any atom is -0.380 e. The van der Waals surface area contributed by atoms with Gasteiger partial charge in [0, 0.05) is 40.3 Å². The molecule has 0 bridgehead atoms. The van der Waals surface area contributed by atoms with E-state index in [-0.39, 0.29) is 6.10 Å². The molecule has 3 rings (SSSR count). The number of aromatic nitrogens is 3. The first kappa shape index (κ1) is 14.3. The fraction of sp³-hybridized carbons (Fsp3) is 0.769. The first-order valence-electron chi connectivity index (χ1n) is 7.34. The third-order valence-corrected chi connectivity index (χ3v) is 3.89. The van der Waals surface area contributed by atoms with Crippen LogP contribution in [0.1, 0.15) is 6.42 Å². The van der Waals surface area contributed by atoms with E-state index < -0.39 is 0 Å². The van der Waals surface area contributed by atoms with Crippen molar-refractivity contribution in [2.75, 3.05) is 68.7 Å². The Morgan fingerprint density at radius 3 is 2.43 bits per heavy atom. The number of nitrogens with zero attached hydrogens (tertiary/aromatic N) is 5. The maximum Gasteiger partial charge on any atom is 0.232 e. The fourth-order valence-electron chi connectivity index (χ4n) is 2.61. The summed E-state index contributed by atoms with van der Waals surface area (Å²) in [5, 5.41) is 3.02. The SMILES string of the molecule is CNc1nc(N2CCOCC2)nc(N2CCC(OC)C2)n1. The van der Waals surface area contributed by atoms with Crippen LogP contribution in [-0.4, -0.2) is 74.6 Å². The second-order valence-electron chi connectivity index (χ2n) is 5.20. The highest BCUT2D eigenvalue weighted by Crippen LogP contribution is 2.21. The van der Waals surface area contributed by atoms with Crippen molar-refractivity contribution in [3.8, 4) is 0 Å². The van der Waals surface area contributed by atoms with Crippen molar-refractivity contribution in [3.05, 3.63) is 0 Å². The molecule has 0 spiro atoms. The van der Waals surface area contributed by atoms with Gasteiger partial charge in [0.05, 0.1) is 19.3 Å². The molecular formula is C13H22N6O2. The van der Waals surface area contributed by atoms with Crippen LogP contribution in [0.4, 0.5) is 17.8 Å². The second-order valence-corrected chi connectivity index (χ2v) is 5.20. The molecule has 0 radical (unpaired) electrons.